The van der Waals surface area contributed by atoms with Crippen LogP contribution in [0.25, 0.3) is 11.2 Å². The van der Waals surface area contributed by atoms with Crippen LogP contribution in [-0.2, 0) is 6.54 Å². The summed E-state index contributed by atoms with van der Waals surface area (Å²) in [5.74, 6) is -0.385. The molecule has 0 atom stereocenters. The minimum absolute atomic E-state index is 0.0749. The van der Waals surface area contributed by atoms with Crippen molar-refractivity contribution in [1.82, 2.24) is 20.4 Å². The highest BCUT2D eigenvalue weighted by atomic mass is 35.5. The monoisotopic (exact) mass is 288 g/mol. The van der Waals surface area contributed by atoms with Gasteiger partial charge in [0.05, 0.1) is 6.20 Å². The summed E-state index contributed by atoms with van der Waals surface area (Å²) in [5, 5.41) is 6.60. The van der Waals surface area contributed by atoms with E-state index in [1.54, 1.807) is 0 Å². The van der Waals surface area contributed by atoms with Crippen LogP contribution in [0.2, 0.25) is 5.15 Å². The molecule has 0 unspecified atom stereocenters. The number of hydrogen-bond acceptors (Lipinski definition) is 5. The summed E-state index contributed by atoms with van der Waals surface area (Å²) < 4.78 is 4.93. The Morgan fingerprint density at radius 2 is 2.10 bits per heavy atom. The maximum Gasteiger partial charge on any atom is 0.277 e. The Morgan fingerprint density at radius 1 is 1.30 bits per heavy atom. The van der Waals surface area contributed by atoms with Crippen LogP contribution in [0.4, 0.5) is 0 Å². The average Bonchev–Trinajstić information content (AvgIpc) is 2.89. The van der Waals surface area contributed by atoms with Gasteiger partial charge in [-0.2, -0.15) is 0 Å². The number of nitrogens with one attached hydrogen (secondary N) is 1. The highest BCUT2D eigenvalue weighted by Gasteiger charge is 2.18. The van der Waals surface area contributed by atoms with Gasteiger partial charge in [0.25, 0.3) is 11.6 Å². The highest BCUT2D eigenvalue weighted by Crippen LogP contribution is 2.16. The molecule has 100 valence electrons. The number of aromatic nitrogens is 3. The summed E-state index contributed by atoms with van der Waals surface area (Å²) in [7, 11) is 0. The van der Waals surface area contributed by atoms with Crippen molar-refractivity contribution in [3.05, 3.63) is 52.9 Å². The largest absolute Gasteiger partial charge is 0.346 e. The van der Waals surface area contributed by atoms with E-state index in [1.807, 2.05) is 30.3 Å². The van der Waals surface area contributed by atoms with Gasteiger partial charge in [0.15, 0.2) is 11.2 Å². The summed E-state index contributed by atoms with van der Waals surface area (Å²) in [5.41, 5.74) is 1.49. The molecule has 1 aromatic carbocycles. The van der Waals surface area contributed by atoms with E-state index < -0.39 is 0 Å². The number of rotatable bonds is 3. The third-order valence-electron chi connectivity index (χ3n) is 2.67. The predicted molar refractivity (Wildman–Crippen MR) is 72.2 cm³/mol. The molecule has 0 saturated carbocycles. The van der Waals surface area contributed by atoms with Crippen LogP contribution in [0, 0.1) is 0 Å². The third kappa shape index (κ3) is 2.46. The van der Waals surface area contributed by atoms with E-state index in [-0.39, 0.29) is 28.0 Å². The molecule has 6 nitrogen and oxygen atoms in total. The van der Waals surface area contributed by atoms with E-state index in [2.05, 4.69) is 20.4 Å². The number of halogens is 1. The van der Waals surface area contributed by atoms with Crippen molar-refractivity contribution in [3.63, 3.8) is 0 Å². The van der Waals surface area contributed by atoms with Gasteiger partial charge in [0.2, 0.25) is 0 Å². The number of carbonyl (C=O) groups is 1. The van der Waals surface area contributed by atoms with Crippen molar-refractivity contribution in [2.24, 2.45) is 0 Å². The molecule has 0 fully saturated rings. The normalized spacial score (nSPS) is 10.7. The van der Waals surface area contributed by atoms with Crippen LogP contribution in [0.3, 0.4) is 0 Å². The van der Waals surface area contributed by atoms with E-state index >= 15 is 0 Å². The molecule has 0 aliphatic carbocycles. The first-order valence-corrected chi connectivity index (χ1v) is 6.22. The summed E-state index contributed by atoms with van der Waals surface area (Å²) in [6, 6.07) is 9.54. The first kappa shape index (κ1) is 12.6. The molecule has 3 rings (SSSR count). The van der Waals surface area contributed by atoms with Crippen molar-refractivity contribution in [1.29, 1.82) is 0 Å². The molecule has 1 N–H and O–H groups in total. The van der Waals surface area contributed by atoms with Gasteiger partial charge < -0.3 is 9.84 Å². The zero-order valence-corrected chi connectivity index (χ0v) is 11.0. The third-order valence-corrected chi connectivity index (χ3v) is 2.85. The fourth-order valence-corrected chi connectivity index (χ4v) is 1.85. The Labute approximate surface area is 118 Å². The standard InChI is InChI=1S/C13H9ClN4O2/c14-9-7-16-13-11(17-9)10(18-20-13)12(19)15-6-8-4-2-1-3-5-8/h1-5,7H,6H2,(H,15,19). The molecule has 0 saturated heterocycles. The Balaban J connectivity index is 1.80. The lowest BCUT2D eigenvalue weighted by atomic mass is 10.2. The Hall–Kier alpha value is -2.47. The van der Waals surface area contributed by atoms with Crippen molar-refractivity contribution in [3.8, 4) is 0 Å². The lowest BCUT2D eigenvalue weighted by molar-refractivity contribution is 0.0943. The van der Waals surface area contributed by atoms with E-state index in [4.69, 9.17) is 16.1 Å². The molecule has 2 aromatic heterocycles. The maximum absolute atomic E-state index is 12.1. The molecule has 0 aliphatic heterocycles. The highest BCUT2D eigenvalue weighted by molar-refractivity contribution is 6.29. The topological polar surface area (TPSA) is 80.9 Å². The van der Waals surface area contributed by atoms with Crippen LogP contribution in [0.15, 0.2) is 41.1 Å². The molecule has 0 bridgehead atoms. The molecule has 7 heteroatoms. The van der Waals surface area contributed by atoms with Crippen molar-refractivity contribution < 1.29 is 9.32 Å². The molecule has 0 radical (unpaired) electrons. The van der Waals surface area contributed by atoms with Crippen LogP contribution < -0.4 is 5.32 Å². The zero-order chi connectivity index (χ0) is 13.9. The molecular weight excluding hydrogens is 280 g/mol. The van der Waals surface area contributed by atoms with Gasteiger partial charge in [-0.15, -0.1) is 0 Å². The van der Waals surface area contributed by atoms with Crippen LogP contribution in [0.1, 0.15) is 16.1 Å². The van der Waals surface area contributed by atoms with Gasteiger partial charge in [-0.3, -0.25) is 4.79 Å². The van der Waals surface area contributed by atoms with Crippen molar-refractivity contribution >= 4 is 28.7 Å². The van der Waals surface area contributed by atoms with Crippen LogP contribution in [0.5, 0.6) is 0 Å². The smallest absolute Gasteiger partial charge is 0.277 e. The van der Waals surface area contributed by atoms with E-state index in [0.717, 1.165) is 5.56 Å². The fourth-order valence-electron chi connectivity index (χ4n) is 1.72. The molecule has 3 aromatic rings. The zero-order valence-electron chi connectivity index (χ0n) is 10.2. The van der Waals surface area contributed by atoms with Crippen molar-refractivity contribution in [2.75, 3.05) is 0 Å². The summed E-state index contributed by atoms with van der Waals surface area (Å²) in [4.78, 5) is 20.0. The fraction of sp³-hybridized carbons (Fsp3) is 0.0769. The van der Waals surface area contributed by atoms with Gasteiger partial charge >= 0.3 is 0 Å². The number of benzene rings is 1. The second-order valence-electron chi connectivity index (χ2n) is 4.05. The summed E-state index contributed by atoms with van der Waals surface area (Å²) >= 11 is 5.75. The number of amides is 1. The second kappa shape index (κ2) is 5.26. The molecule has 20 heavy (non-hydrogen) atoms. The molecule has 0 spiro atoms. The van der Waals surface area contributed by atoms with E-state index in [1.165, 1.54) is 6.20 Å². The average molecular weight is 289 g/mol. The van der Waals surface area contributed by atoms with Crippen LogP contribution in [-0.4, -0.2) is 21.0 Å². The Kier molecular flexibility index (Phi) is 3.30. The van der Waals surface area contributed by atoms with E-state index in [9.17, 15) is 4.79 Å². The lowest BCUT2D eigenvalue weighted by Crippen LogP contribution is -2.23. The molecule has 2 heterocycles. The predicted octanol–water partition coefficient (Wildman–Crippen LogP) is 2.20. The lowest BCUT2D eigenvalue weighted by Gasteiger charge is -2.02. The molecular formula is C13H9ClN4O2. The van der Waals surface area contributed by atoms with Gasteiger partial charge in [-0.1, -0.05) is 47.1 Å². The Bertz CT molecular complexity index is 757. The first-order valence-electron chi connectivity index (χ1n) is 5.84. The van der Waals surface area contributed by atoms with Gasteiger partial charge in [-0.05, 0) is 5.56 Å². The van der Waals surface area contributed by atoms with Gasteiger partial charge in [0, 0.05) is 6.54 Å². The van der Waals surface area contributed by atoms with Gasteiger partial charge in [-0.25, -0.2) is 9.97 Å². The number of carbonyl (C=O) groups excluding carboxylic acids is 1. The molecule has 1 amide bonds. The van der Waals surface area contributed by atoms with E-state index in [0.29, 0.717) is 6.54 Å². The SMILES string of the molecule is O=C(NCc1ccccc1)c1noc2ncc(Cl)nc12. The first-order chi connectivity index (χ1) is 9.74. The van der Waals surface area contributed by atoms with Crippen LogP contribution >= 0.6 is 11.6 Å². The van der Waals surface area contributed by atoms with Gasteiger partial charge in [0.1, 0.15) is 5.15 Å². The van der Waals surface area contributed by atoms with Crippen molar-refractivity contribution in [2.45, 2.75) is 6.54 Å². The maximum atomic E-state index is 12.1. The summed E-state index contributed by atoms with van der Waals surface area (Å²) in [6.07, 6.45) is 1.33. The minimum Gasteiger partial charge on any atom is -0.346 e. The number of fused-ring (bicyclic) bond motifs is 1. The number of nitrogens with zero attached hydrogens (tertiary/aromatic N) is 3. The number of hydrogen-bond donors (Lipinski definition) is 1. The molecule has 0 aliphatic rings. The summed E-state index contributed by atoms with van der Waals surface area (Å²) in [6.45, 7) is 0.391. The minimum atomic E-state index is -0.385. The quantitative estimate of drug-likeness (QED) is 0.799. The second-order valence-corrected chi connectivity index (χ2v) is 4.43. The Morgan fingerprint density at radius 3 is 2.90 bits per heavy atom.